The minimum absolute atomic E-state index is 0.313. The highest BCUT2D eigenvalue weighted by Crippen LogP contribution is 2.23. The lowest BCUT2D eigenvalue weighted by molar-refractivity contribution is 0.650. The fraction of sp³-hybridized carbons (Fsp3) is 0. The number of para-hydroxylation sites is 1. The van der Waals surface area contributed by atoms with Crippen LogP contribution < -0.4 is 4.18 Å². The lowest BCUT2D eigenvalue weighted by atomic mass is 10.3. The van der Waals surface area contributed by atoms with Crippen LogP contribution in [0, 0.1) is 0 Å². The van der Waals surface area contributed by atoms with E-state index in [1.807, 2.05) is 54.0 Å². The third-order valence-electron chi connectivity index (χ3n) is 1.52. The van der Waals surface area contributed by atoms with Crippen molar-refractivity contribution in [3.8, 4) is 5.75 Å². The second-order valence-corrected chi connectivity index (χ2v) is 3.77. The molecule has 0 spiro atoms. The van der Waals surface area contributed by atoms with Crippen molar-refractivity contribution in [1.29, 1.82) is 0 Å². The molecule has 2 rings (SSSR count). The average Bonchev–Trinajstić information content (AvgIpc) is 2.21. The Bertz CT molecular complexity index is 363. The lowest BCUT2D eigenvalue weighted by Crippen LogP contribution is -1.85. The monoisotopic (exact) mass is 189 g/mol. The van der Waals surface area contributed by atoms with Crippen molar-refractivity contribution < 1.29 is 4.18 Å². The molecule has 1 heterocycles. The van der Waals surface area contributed by atoms with E-state index < -0.39 is 0 Å². The molecule has 0 N–H and O–H groups in total. The van der Waals surface area contributed by atoms with Gasteiger partial charge in [-0.2, -0.15) is 0 Å². The van der Waals surface area contributed by atoms with Crippen molar-refractivity contribution in [2.45, 2.75) is 0 Å². The van der Waals surface area contributed by atoms with Crippen LogP contribution >= 0.6 is 10.8 Å². The zero-order valence-corrected chi connectivity index (χ0v) is 7.83. The molecule has 0 saturated carbocycles. The van der Waals surface area contributed by atoms with Gasteiger partial charge in [-0.15, -0.1) is 0 Å². The first-order valence-electron chi connectivity index (χ1n) is 4.01. The smallest absolute Gasteiger partial charge is 0.137 e. The number of benzene rings is 1. The molecule has 2 heteroatoms. The molecule has 0 aliphatic carbocycles. The Kier molecular flexibility index (Phi) is 2.62. The van der Waals surface area contributed by atoms with E-state index in [2.05, 4.69) is 5.37 Å². The Balaban J connectivity index is 2.11. The van der Waals surface area contributed by atoms with Crippen LogP contribution in [0.3, 0.4) is 0 Å². The van der Waals surface area contributed by atoms with Gasteiger partial charge in [-0.1, -0.05) is 30.4 Å². The summed E-state index contributed by atoms with van der Waals surface area (Å²) < 4.78 is 5.63. The third-order valence-corrected chi connectivity index (χ3v) is 2.67. The van der Waals surface area contributed by atoms with Gasteiger partial charge >= 0.3 is 0 Å². The number of allylic oxidation sites excluding steroid dienone is 3. The fourth-order valence-corrected chi connectivity index (χ4v) is 1.90. The predicted molar refractivity (Wildman–Crippen MR) is 57.9 cm³/mol. The molecule has 1 nitrogen and oxygen atoms in total. The van der Waals surface area contributed by atoms with E-state index in [1.165, 1.54) is 0 Å². The highest BCUT2D eigenvalue weighted by Gasteiger charge is 1.95. The maximum Gasteiger partial charge on any atom is 0.137 e. The first-order chi connectivity index (χ1) is 6.45. The molecule has 1 aromatic carbocycles. The zero-order valence-electron chi connectivity index (χ0n) is 7.01. The van der Waals surface area contributed by atoms with Gasteiger partial charge in [-0.25, -0.2) is 0 Å². The second-order valence-electron chi connectivity index (χ2n) is 2.50. The number of hydrogen-bond acceptors (Lipinski definition) is 1. The topological polar surface area (TPSA) is 9.23 Å². The molecular weight excluding hydrogens is 180 g/mol. The Morgan fingerprint density at radius 3 is 2.62 bits per heavy atom. The molecule has 0 saturated heterocycles. The summed E-state index contributed by atoms with van der Waals surface area (Å²) in [5, 5.41) is 5.10. The van der Waals surface area contributed by atoms with Gasteiger partial charge < -0.3 is 4.18 Å². The zero-order chi connectivity index (χ0) is 8.93. The van der Waals surface area contributed by atoms with Crippen LogP contribution in [0.2, 0.25) is 0 Å². The summed E-state index contributed by atoms with van der Waals surface area (Å²) in [5.74, 6) is 0.887. The van der Waals surface area contributed by atoms with Crippen LogP contribution in [0.4, 0.5) is 0 Å². The summed E-state index contributed by atoms with van der Waals surface area (Å²) in [4.78, 5) is 0. The quantitative estimate of drug-likeness (QED) is 0.650. The highest BCUT2D eigenvalue weighted by atomic mass is 32.2. The summed E-state index contributed by atoms with van der Waals surface area (Å²) in [7, 11) is -0.313. The molecule has 1 aromatic rings. The van der Waals surface area contributed by atoms with Crippen LogP contribution in [0.25, 0.3) is 0 Å². The summed E-state index contributed by atoms with van der Waals surface area (Å²) in [6, 6.07) is 9.78. The Morgan fingerprint density at radius 2 is 1.92 bits per heavy atom. The van der Waals surface area contributed by atoms with Gasteiger partial charge in [0.25, 0.3) is 0 Å². The summed E-state index contributed by atoms with van der Waals surface area (Å²) >= 11 is 0. The largest absolute Gasteiger partial charge is 0.429 e. The van der Waals surface area contributed by atoms with E-state index in [4.69, 9.17) is 4.18 Å². The van der Waals surface area contributed by atoms with Gasteiger partial charge in [0.1, 0.15) is 5.75 Å². The second kappa shape index (κ2) is 4.10. The molecule has 0 fully saturated rings. The van der Waals surface area contributed by atoms with Crippen molar-refractivity contribution in [2.75, 3.05) is 0 Å². The molecule has 1 atom stereocenters. The average molecular weight is 189 g/mol. The normalized spacial score (nSPS) is 19.5. The molecule has 65 valence electrons. The van der Waals surface area contributed by atoms with Crippen molar-refractivity contribution in [3.63, 3.8) is 0 Å². The van der Waals surface area contributed by atoms with Gasteiger partial charge in [0.15, 0.2) is 0 Å². The standard InChI is InChI=1S/C11H9OS/c1-3-7-11(8-4-1)12-13-9-5-2-6-10-13/h1-9H. The van der Waals surface area contributed by atoms with Crippen molar-refractivity contribution in [2.24, 2.45) is 0 Å². The molecule has 13 heavy (non-hydrogen) atoms. The van der Waals surface area contributed by atoms with Crippen LogP contribution in [0.15, 0.2) is 54.0 Å². The minimum Gasteiger partial charge on any atom is -0.429 e. The molecule has 1 unspecified atom stereocenters. The van der Waals surface area contributed by atoms with Crippen LogP contribution in [-0.4, -0.2) is 5.37 Å². The van der Waals surface area contributed by atoms with E-state index in [-0.39, 0.29) is 10.8 Å². The van der Waals surface area contributed by atoms with E-state index in [0.717, 1.165) is 5.75 Å². The van der Waals surface area contributed by atoms with Gasteiger partial charge in [0.2, 0.25) is 0 Å². The van der Waals surface area contributed by atoms with Gasteiger partial charge in [0, 0.05) is 16.2 Å². The van der Waals surface area contributed by atoms with E-state index in [0.29, 0.717) is 0 Å². The molecule has 0 aromatic heterocycles. The SMILES string of the molecule is [C]1=S(Oc2ccccc2)C=CC=C1. The van der Waals surface area contributed by atoms with E-state index in [1.54, 1.807) is 0 Å². The predicted octanol–water partition coefficient (Wildman–Crippen LogP) is 3.01. The fourth-order valence-electron chi connectivity index (χ4n) is 0.949. The summed E-state index contributed by atoms with van der Waals surface area (Å²) in [6.45, 7) is 0. The van der Waals surface area contributed by atoms with Gasteiger partial charge in [-0.05, 0) is 18.2 Å². The van der Waals surface area contributed by atoms with Crippen molar-refractivity contribution >= 4 is 16.1 Å². The number of hydrogen-bond donors (Lipinski definition) is 0. The maximum absolute atomic E-state index is 5.63. The van der Waals surface area contributed by atoms with Crippen molar-refractivity contribution in [3.05, 3.63) is 54.0 Å². The Hall–Kier alpha value is -1.28. The Morgan fingerprint density at radius 1 is 1.08 bits per heavy atom. The first-order valence-corrected chi connectivity index (χ1v) is 5.22. The van der Waals surface area contributed by atoms with E-state index >= 15 is 0 Å². The van der Waals surface area contributed by atoms with Crippen molar-refractivity contribution in [1.82, 2.24) is 0 Å². The molecule has 1 radical (unpaired) electrons. The third kappa shape index (κ3) is 2.33. The Labute approximate surface area is 80.5 Å². The summed E-state index contributed by atoms with van der Waals surface area (Å²) in [6.07, 6.45) is 5.80. The molecule has 1 aliphatic heterocycles. The first kappa shape index (κ1) is 8.32. The number of rotatable bonds is 2. The highest BCUT2D eigenvalue weighted by molar-refractivity contribution is 8.14. The van der Waals surface area contributed by atoms with E-state index in [9.17, 15) is 0 Å². The molecule has 0 amide bonds. The molecule has 0 bridgehead atoms. The lowest BCUT2D eigenvalue weighted by Gasteiger charge is -2.06. The maximum atomic E-state index is 5.63. The minimum atomic E-state index is -0.313. The molecular formula is C11H9OS. The molecule has 1 aliphatic rings. The van der Waals surface area contributed by atoms with Crippen LogP contribution in [0.5, 0.6) is 5.75 Å². The van der Waals surface area contributed by atoms with Crippen LogP contribution in [-0.2, 0) is 0 Å². The van der Waals surface area contributed by atoms with Gasteiger partial charge in [-0.3, -0.25) is 0 Å². The summed E-state index contributed by atoms with van der Waals surface area (Å²) in [5.41, 5.74) is 0. The van der Waals surface area contributed by atoms with Gasteiger partial charge in [0.05, 0.1) is 5.37 Å². The van der Waals surface area contributed by atoms with Crippen LogP contribution in [0.1, 0.15) is 0 Å².